The van der Waals surface area contributed by atoms with Gasteiger partial charge >= 0.3 is 5.97 Å². The van der Waals surface area contributed by atoms with Crippen molar-refractivity contribution in [3.05, 3.63) is 39.9 Å². The van der Waals surface area contributed by atoms with Crippen LogP contribution in [0, 0.1) is 10.1 Å². The molecule has 1 aromatic carbocycles. The third kappa shape index (κ3) is 4.65. The van der Waals surface area contributed by atoms with Crippen LogP contribution in [0.2, 0.25) is 0 Å². The first-order valence-electron chi connectivity index (χ1n) is 5.68. The van der Waals surface area contributed by atoms with E-state index in [1.165, 1.54) is 31.4 Å². The standard InChI is InChI=1S/C12H14N2O6/c1-20-7-11(15)13-10(12(16)17)6-8-2-4-9(5-3-8)14(18)19/h2-5,10H,6-7H2,1H3,(H,13,15)(H,16,17)/t10-/m1/s1. The Labute approximate surface area is 114 Å². The summed E-state index contributed by atoms with van der Waals surface area (Å²) in [5.41, 5.74) is 0.491. The lowest BCUT2D eigenvalue weighted by molar-refractivity contribution is -0.384. The number of amides is 1. The summed E-state index contributed by atoms with van der Waals surface area (Å²) in [6, 6.07) is 4.36. The zero-order chi connectivity index (χ0) is 15.1. The highest BCUT2D eigenvalue weighted by Crippen LogP contribution is 2.13. The number of nitrogens with zero attached hydrogens (tertiary/aromatic N) is 1. The average Bonchev–Trinajstić information content (AvgIpc) is 2.38. The van der Waals surface area contributed by atoms with Crippen LogP contribution in [-0.2, 0) is 20.7 Å². The van der Waals surface area contributed by atoms with E-state index in [1.54, 1.807) is 0 Å². The molecule has 0 unspecified atom stereocenters. The maximum absolute atomic E-state index is 11.3. The molecule has 0 spiro atoms. The fraction of sp³-hybridized carbons (Fsp3) is 0.333. The van der Waals surface area contributed by atoms with Crippen molar-refractivity contribution in [1.82, 2.24) is 5.32 Å². The topological polar surface area (TPSA) is 119 Å². The molecular formula is C12H14N2O6. The first kappa shape index (κ1) is 15.6. The molecule has 0 saturated heterocycles. The number of hydrogen-bond donors (Lipinski definition) is 2. The van der Waals surface area contributed by atoms with E-state index in [0.717, 1.165) is 0 Å². The maximum atomic E-state index is 11.3. The molecule has 1 atom stereocenters. The number of rotatable bonds is 7. The van der Waals surface area contributed by atoms with E-state index >= 15 is 0 Å². The lowest BCUT2D eigenvalue weighted by Crippen LogP contribution is -2.43. The molecule has 0 fully saturated rings. The molecule has 2 N–H and O–H groups in total. The van der Waals surface area contributed by atoms with Crippen LogP contribution in [0.3, 0.4) is 0 Å². The zero-order valence-corrected chi connectivity index (χ0v) is 10.7. The zero-order valence-electron chi connectivity index (χ0n) is 10.7. The van der Waals surface area contributed by atoms with Crippen LogP contribution in [0.25, 0.3) is 0 Å². The molecule has 8 nitrogen and oxygen atoms in total. The van der Waals surface area contributed by atoms with Crippen LogP contribution >= 0.6 is 0 Å². The summed E-state index contributed by atoms with van der Waals surface area (Å²) in [5.74, 6) is -1.73. The van der Waals surface area contributed by atoms with Crippen molar-refractivity contribution in [2.45, 2.75) is 12.5 Å². The number of nitro benzene ring substituents is 1. The second kappa shape index (κ2) is 7.19. The van der Waals surface area contributed by atoms with Crippen molar-refractivity contribution in [2.24, 2.45) is 0 Å². The number of aliphatic carboxylic acids is 1. The monoisotopic (exact) mass is 282 g/mol. The summed E-state index contributed by atoms with van der Waals surface area (Å²) >= 11 is 0. The molecule has 0 saturated carbocycles. The fourth-order valence-electron chi connectivity index (χ4n) is 1.56. The molecule has 20 heavy (non-hydrogen) atoms. The summed E-state index contributed by atoms with van der Waals surface area (Å²) in [6.45, 7) is -0.232. The van der Waals surface area contributed by atoms with Gasteiger partial charge in [-0.1, -0.05) is 12.1 Å². The Morgan fingerprint density at radius 3 is 2.45 bits per heavy atom. The molecule has 0 aromatic heterocycles. The summed E-state index contributed by atoms with van der Waals surface area (Å²) < 4.78 is 4.60. The highest BCUT2D eigenvalue weighted by molar-refractivity contribution is 5.84. The van der Waals surface area contributed by atoms with Gasteiger partial charge in [0.25, 0.3) is 5.69 Å². The average molecular weight is 282 g/mol. The lowest BCUT2D eigenvalue weighted by Gasteiger charge is -2.14. The van der Waals surface area contributed by atoms with E-state index in [-0.39, 0.29) is 18.7 Å². The van der Waals surface area contributed by atoms with Crippen molar-refractivity contribution in [3.63, 3.8) is 0 Å². The van der Waals surface area contributed by atoms with E-state index in [9.17, 15) is 19.7 Å². The van der Waals surface area contributed by atoms with Crippen molar-refractivity contribution in [2.75, 3.05) is 13.7 Å². The number of non-ortho nitro benzene ring substituents is 1. The normalized spacial score (nSPS) is 11.7. The molecule has 1 amide bonds. The number of carboxylic acids is 1. The van der Waals surface area contributed by atoms with Gasteiger partial charge in [-0.3, -0.25) is 14.9 Å². The van der Waals surface area contributed by atoms with Gasteiger partial charge < -0.3 is 15.2 Å². The van der Waals surface area contributed by atoms with Crippen molar-refractivity contribution in [3.8, 4) is 0 Å². The second-order valence-electron chi connectivity index (χ2n) is 4.02. The summed E-state index contributed by atoms with van der Waals surface area (Å²) in [4.78, 5) is 32.3. The van der Waals surface area contributed by atoms with Crippen LogP contribution in [0.4, 0.5) is 5.69 Å². The Morgan fingerprint density at radius 2 is 2.00 bits per heavy atom. The number of nitro groups is 1. The molecule has 0 aliphatic heterocycles. The van der Waals surface area contributed by atoms with E-state index < -0.39 is 22.8 Å². The van der Waals surface area contributed by atoms with Gasteiger partial charge in [-0.05, 0) is 5.56 Å². The second-order valence-corrected chi connectivity index (χ2v) is 4.02. The van der Waals surface area contributed by atoms with Crippen LogP contribution in [-0.4, -0.2) is 41.7 Å². The third-order valence-corrected chi connectivity index (χ3v) is 2.50. The number of methoxy groups -OCH3 is 1. The van der Waals surface area contributed by atoms with Gasteiger partial charge in [0.05, 0.1) is 4.92 Å². The first-order valence-corrected chi connectivity index (χ1v) is 5.68. The molecule has 1 rings (SSSR count). The van der Waals surface area contributed by atoms with Gasteiger partial charge in [0.1, 0.15) is 12.6 Å². The minimum absolute atomic E-state index is 0.0305. The highest BCUT2D eigenvalue weighted by atomic mass is 16.6. The Balaban J connectivity index is 2.72. The van der Waals surface area contributed by atoms with Gasteiger partial charge in [-0.15, -0.1) is 0 Å². The number of hydrogen-bond acceptors (Lipinski definition) is 5. The summed E-state index contributed by atoms with van der Waals surface area (Å²) in [5, 5.41) is 21.8. The maximum Gasteiger partial charge on any atom is 0.326 e. The van der Waals surface area contributed by atoms with Gasteiger partial charge in [-0.2, -0.15) is 0 Å². The highest BCUT2D eigenvalue weighted by Gasteiger charge is 2.20. The van der Waals surface area contributed by atoms with Crippen LogP contribution in [0.5, 0.6) is 0 Å². The molecule has 8 heteroatoms. The molecule has 0 aliphatic carbocycles. The summed E-state index contributed by atoms with van der Waals surface area (Å²) in [7, 11) is 1.33. The first-order chi connectivity index (χ1) is 9.43. The Bertz CT molecular complexity index is 499. The van der Waals surface area contributed by atoms with Gasteiger partial charge in [0.15, 0.2) is 0 Å². The molecule has 1 aromatic rings. The van der Waals surface area contributed by atoms with E-state index in [0.29, 0.717) is 5.56 Å². The van der Waals surface area contributed by atoms with E-state index in [1.807, 2.05) is 0 Å². The molecular weight excluding hydrogens is 268 g/mol. The number of nitrogens with one attached hydrogen (secondary N) is 1. The van der Waals surface area contributed by atoms with Crippen LogP contribution < -0.4 is 5.32 Å². The Morgan fingerprint density at radius 1 is 1.40 bits per heavy atom. The van der Waals surface area contributed by atoms with Crippen molar-refractivity contribution in [1.29, 1.82) is 0 Å². The predicted octanol–water partition coefficient (Wildman–Crippen LogP) is 0.353. The van der Waals surface area contributed by atoms with E-state index in [4.69, 9.17) is 5.11 Å². The number of carboxylic acid groups (broad SMARTS) is 1. The molecule has 0 heterocycles. The molecule has 108 valence electrons. The van der Waals surface area contributed by atoms with Crippen molar-refractivity contribution >= 4 is 17.6 Å². The minimum atomic E-state index is -1.19. The minimum Gasteiger partial charge on any atom is -0.480 e. The quantitative estimate of drug-likeness (QED) is 0.550. The fourth-order valence-corrected chi connectivity index (χ4v) is 1.56. The van der Waals surface area contributed by atoms with Gasteiger partial charge in [0.2, 0.25) is 5.91 Å². The van der Waals surface area contributed by atoms with Crippen molar-refractivity contribution < 1.29 is 24.4 Å². The smallest absolute Gasteiger partial charge is 0.326 e. The van der Waals surface area contributed by atoms with Gasteiger partial charge in [0, 0.05) is 25.7 Å². The number of ether oxygens (including phenoxy) is 1. The SMILES string of the molecule is COCC(=O)N[C@H](Cc1ccc([N+](=O)[O-])cc1)C(=O)O. The molecule has 0 aliphatic rings. The Kier molecular flexibility index (Phi) is 5.60. The predicted molar refractivity (Wildman–Crippen MR) is 68.2 cm³/mol. The Hall–Kier alpha value is -2.48. The number of carbonyl (C=O) groups is 2. The van der Waals surface area contributed by atoms with Crippen LogP contribution in [0.15, 0.2) is 24.3 Å². The molecule has 0 radical (unpaired) electrons. The lowest BCUT2D eigenvalue weighted by atomic mass is 10.1. The van der Waals surface area contributed by atoms with E-state index in [2.05, 4.69) is 10.1 Å². The summed E-state index contributed by atoms with van der Waals surface area (Å²) in [6.07, 6.45) is 0.0305. The largest absolute Gasteiger partial charge is 0.480 e. The van der Waals surface area contributed by atoms with Gasteiger partial charge in [-0.25, -0.2) is 4.79 Å². The number of carbonyl (C=O) groups excluding carboxylic acids is 1. The number of benzene rings is 1. The third-order valence-electron chi connectivity index (χ3n) is 2.50. The van der Waals surface area contributed by atoms with Crippen LogP contribution in [0.1, 0.15) is 5.56 Å². The molecule has 0 bridgehead atoms.